The molecule has 1 fully saturated rings. The molecule has 1 saturated carbocycles. The van der Waals surface area contributed by atoms with Gasteiger partial charge < -0.3 is 19.5 Å². The van der Waals surface area contributed by atoms with E-state index in [9.17, 15) is 14.7 Å². The first-order valence-electron chi connectivity index (χ1n) is 10.9. The second-order valence-corrected chi connectivity index (χ2v) is 9.38. The summed E-state index contributed by atoms with van der Waals surface area (Å²) in [5.41, 5.74) is 2.07. The van der Waals surface area contributed by atoms with Gasteiger partial charge in [-0.1, -0.05) is 36.8 Å². The third-order valence-corrected chi connectivity index (χ3v) is 7.25. The van der Waals surface area contributed by atoms with Crippen molar-refractivity contribution in [2.45, 2.75) is 44.4 Å². The molecular weight excluding hydrogens is 474 g/mol. The number of amides is 1. The van der Waals surface area contributed by atoms with Gasteiger partial charge in [-0.05, 0) is 58.5 Å². The molecule has 6 nitrogen and oxygen atoms in total. The maximum Gasteiger partial charge on any atom is 0.290 e. The molecule has 0 saturated heterocycles. The average molecular weight is 498 g/mol. The van der Waals surface area contributed by atoms with Crippen molar-refractivity contribution in [2.24, 2.45) is 5.92 Å². The number of nitrogens with zero attached hydrogens (tertiary/aromatic N) is 1. The molecule has 32 heavy (non-hydrogen) atoms. The molecule has 2 heterocycles. The van der Waals surface area contributed by atoms with Gasteiger partial charge in [0, 0.05) is 6.54 Å². The summed E-state index contributed by atoms with van der Waals surface area (Å²) in [6.45, 7) is 0.337. The third kappa shape index (κ3) is 3.39. The lowest BCUT2D eigenvalue weighted by molar-refractivity contribution is -0.135. The molecule has 166 valence electrons. The number of carbonyl (C=O) groups excluding carboxylic acids is 2. The molecule has 0 aromatic heterocycles. The lowest BCUT2D eigenvalue weighted by atomic mass is 9.77. The highest BCUT2D eigenvalue weighted by atomic mass is 79.9. The SMILES string of the molecule is COc1cc(C2C3=C(OC4CCCCC4C3=O)C(=O)N2Cc2ccccc2)cc(Br)c1O. The minimum atomic E-state index is -0.612. The van der Waals surface area contributed by atoms with Crippen LogP contribution in [0.4, 0.5) is 0 Å². The number of fused-ring (bicyclic) bond motifs is 1. The molecule has 5 rings (SSSR count). The van der Waals surface area contributed by atoms with Crippen LogP contribution in [-0.2, 0) is 20.9 Å². The van der Waals surface area contributed by atoms with Crippen LogP contribution in [0.25, 0.3) is 0 Å². The highest BCUT2D eigenvalue weighted by Gasteiger charge is 2.52. The van der Waals surface area contributed by atoms with Crippen molar-refractivity contribution < 1.29 is 24.2 Å². The van der Waals surface area contributed by atoms with Crippen LogP contribution < -0.4 is 4.74 Å². The summed E-state index contributed by atoms with van der Waals surface area (Å²) in [5.74, 6) is -0.0419. The Morgan fingerprint density at radius 2 is 1.91 bits per heavy atom. The molecule has 3 aliphatic rings. The number of halogens is 1. The lowest BCUT2D eigenvalue weighted by Crippen LogP contribution is -2.39. The number of phenolic OH excluding ortho intramolecular Hbond substituents is 1. The highest BCUT2D eigenvalue weighted by Crippen LogP contribution is 2.49. The Labute approximate surface area is 194 Å². The first-order valence-corrected chi connectivity index (χ1v) is 11.6. The van der Waals surface area contributed by atoms with Gasteiger partial charge in [-0.3, -0.25) is 9.59 Å². The van der Waals surface area contributed by atoms with Gasteiger partial charge in [-0.2, -0.15) is 0 Å². The van der Waals surface area contributed by atoms with Crippen LogP contribution in [0.1, 0.15) is 42.9 Å². The number of carbonyl (C=O) groups is 2. The van der Waals surface area contributed by atoms with Gasteiger partial charge in [0.05, 0.1) is 29.1 Å². The van der Waals surface area contributed by atoms with Gasteiger partial charge in [0.15, 0.2) is 23.0 Å². The van der Waals surface area contributed by atoms with E-state index in [4.69, 9.17) is 9.47 Å². The van der Waals surface area contributed by atoms with E-state index in [-0.39, 0.29) is 41.0 Å². The van der Waals surface area contributed by atoms with Crippen molar-refractivity contribution in [1.82, 2.24) is 4.90 Å². The highest BCUT2D eigenvalue weighted by molar-refractivity contribution is 9.10. The first-order chi connectivity index (χ1) is 15.5. The van der Waals surface area contributed by atoms with Crippen molar-refractivity contribution in [3.05, 3.63) is 69.4 Å². The van der Waals surface area contributed by atoms with Gasteiger partial charge in [-0.15, -0.1) is 0 Å². The van der Waals surface area contributed by atoms with Gasteiger partial charge in [0.25, 0.3) is 5.91 Å². The largest absolute Gasteiger partial charge is 0.503 e. The summed E-state index contributed by atoms with van der Waals surface area (Å²) in [7, 11) is 1.47. The molecule has 2 aromatic rings. The summed E-state index contributed by atoms with van der Waals surface area (Å²) in [5, 5.41) is 10.3. The van der Waals surface area contributed by atoms with E-state index >= 15 is 0 Å². The molecule has 3 unspecified atom stereocenters. The second kappa shape index (κ2) is 8.28. The lowest BCUT2D eigenvalue weighted by Gasteiger charge is -2.35. The van der Waals surface area contributed by atoms with Crippen molar-refractivity contribution in [2.75, 3.05) is 7.11 Å². The molecule has 0 radical (unpaired) electrons. The minimum absolute atomic E-state index is 0.00743. The van der Waals surface area contributed by atoms with Crippen LogP contribution in [0.15, 0.2) is 58.3 Å². The molecule has 3 atom stereocenters. The first kappa shape index (κ1) is 21.1. The summed E-state index contributed by atoms with van der Waals surface area (Å²) in [4.78, 5) is 28.9. The van der Waals surface area contributed by atoms with Crippen LogP contribution in [0.5, 0.6) is 11.5 Å². The summed E-state index contributed by atoms with van der Waals surface area (Å²) >= 11 is 3.38. The Morgan fingerprint density at radius 3 is 2.66 bits per heavy atom. The number of phenols is 1. The average Bonchev–Trinajstić information content (AvgIpc) is 3.08. The van der Waals surface area contributed by atoms with Crippen LogP contribution in [-0.4, -0.2) is 34.9 Å². The zero-order chi connectivity index (χ0) is 22.4. The molecule has 0 spiro atoms. The zero-order valence-corrected chi connectivity index (χ0v) is 19.3. The van der Waals surface area contributed by atoms with Gasteiger partial charge >= 0.3 is 0 Å². The topological polar surface area (TPSA) is 76.1 Å². The quantitative estimate of drug-likeness (QED) is 0.664. The van der Waals surface area contributed by atoms with Crippen molar-refractivity contribution >= 4 is 27.6 Å². The van der Waals surface area contributed by atoms with Gasteiger partial charge in [0.1, 0.15) is 6.10 Å². The number of hydrogen-bond acceptors (Lipinski definition) is 5. The number of aromatic hydroxyl groups is 1. The number of benzene rings is 2. The molecule has 1 amide bonds. The molecule has 0 bridgehead atoms. The number of methoxy groups -OCH3 is 1. The molecule has 1 aliphatic carbocycles. The fourth-order valence-electron chi connectivity index (χ4n) is 5.09. The van der Waals surface area contributed by atoms with E-state index in [0.29, 0.717) is 22.2 Å². The smallest absolute Gasteiger partial charge is 0.290 e. The number of Topliss-reactive ketones (excluding diaryl/α,β-unsaturated/α-hetero) is 1. The van der Waals surface area contributed by atoms with E-state index in [0.717, 1.165) is 31.2 Å². The van der Waals surface area contributed by atoms with E-state index in [1.807, 2.05) is 30.3 Å². The second-order valence-electron chi connectivity index (χ2n) is 8.53. The van der Waals surface area contributed by atoms with E-state index in [2.05, 4.69) is 15.9 Å². The van der Waals surface area contributed by atoms with Crippen molar-refractivity contribution in [3.63, 3.8) is 0 Å². The Kier molecular flexibility index (Phi) is 5.45. The maximum absolute atomic E-state index is 13.7. The van der Waals surface area contributed by atoms with E-state index in [1.54, 1.807) is 17.0 Å². The van der Waals surface area contributed by atoms with Crippen LogP contribution in [0.3, 0.4) is 0 Å². The summed E-state index contributed by atoms with van der Waals surface area (Å²) in [6.07, 6.45) is 3.34. The molecular formula is C25H24BrNO5. The number of hydrogen-bond donors (Lipinski definition) is 1. The Balaban J connectivity index is 1.63. The fourth-order valence-corrected chi connectivity index (χ4v) is 5.55. The number of ketones is 1. The van der Waals surface area contributed by atoms with Crippen LogP contribution in [0.2, 0.25) is 0 Å². The summed E-state index contributed by atoms with van der Waals surface area (Å²) < 4.78 is 12.0. The summed E-state index contributed by atoms with van der Waals surface area (Å²) in [6, 6.07) is 12.5. The Hall–Kier alpha value is -2.80. The van der Waals surface area contributed by atoms with Crippen molar-refractivity contribution in [1.29, 1.82) is 0 Å². The van der Waals surface area contributed by atoms with Gasteiger partial charge in [0.2, 0.25) is 0 Å². The van der Waals surface area contributed by atoms with Gasteiger partial charge in [-0.25, -0.2) is 0 Å². The van der Waals surface area contributed by atoms with Crippen LogP contribution in [0, 0.1) is 5.92 Å². The monoisotopic (exact) mass is 497 g/mol. The van der Waals surface area contributed by atoms with E-state index < -0.39 is 6.04 Å². The van der Waals surface area contributed by atoms with Crippen LogP contribution >= 0.6 is 15.9 Å². The predicted molar refractivity (Wildman–Crippen MR) is 121 cm³/mol. The minimum Gasteiger partial charge on any atom is -0.503 e. The van der Waals surface area contributed by atoms with Crippen molar-refractivity contribution in [3.8, 4) is 11.5 Å². The number of rotatable bonds is 4. The maximum atomic E-state index is 13.7. The molecule has 1 N–H and O–H groups in total. The number of ether oxygens (including phenoxy) is 2. The molecule has 2 aliphatic heterocycles. The van der Waals surface area contributed by atoms with E-state index in [1.165, 1.54) is 7.11 Å². The Morgan fingerprint density at radius 1 is 1.16 bits per heavy atom. The Bertz CT molecular complexity index is 1110. The third-order valence-electron chi connectivity index (χ3n) is 6.64. The molecule has 7 heteroatoms. The normalized spacial score (nSPS) is 24.8. The zero-order valence-electron chi connectivity index (χ0n) is 17.7. The molecule has 2 aromatic carbocycles. The predicted octanol–water partition coefficient (Wildman–Crippen LogP) is 4.66. The fraction of sp³-hybridized carbons (Fsp3) is 0.360. The standard InChI is InChI=1S/C25H24BrNO5/c1-31-19-12-15(11-17(26)23(19)29)21-20-22(28)16-9-5-6-10-18(16)32-24(20)25(30)27(21)13-14-7-3-2-4-8-14/h2-4,7-8,11-12,16,18,21,29H,5-6,9-10,13H2,1H3.